The van der Waals surface area contributed by atoms with Crippen molar-refractivity contribution in [3.63, 3.8) is 0 Å². The Labute approximate surface area is 166 Å². The first-order valence-corrected chi connectivity index (χ1v) is 8.91. The third kappa shape index (κ3) is 5.48. The molecule has 0 saturated carbocycles. The molecule has 0 heterocycles. The van der Waals surface area contributed by atoms with Crippen molar-refractivity contribution in [1.29, 1.82) is 0 Å². The average Bonchev–Trinajstić information content (AvgIpc) is 2.60. The molecule has 26 heavy (non-hydrogen) atoms. The summed E-state index contributed by atoms with van der Waals surface area (Å²) in [6.07, 6.45) is 0.00323. The van der Waals surface area contributed by atoms with Crippen molar-refractivity contribution in [2.45, 2.75) is 13.3 Å². The third-order valence-corrected chi connectivity index (χ3v) is 4.41. The van der Waals surface area contributed by atoms with Crippen LogP contribution in [-0.2, 0) is 4.79 Å². The van der Waals surface area contributed by atoms with Crippen LogP contribution >= 0.6 is 22.6 Å². The van der Waals surface area contributed by atoms with Crippen molar-refractivity contribution in [1.82, 2.24) is 10.9 Å². The van der Waals surface area contributed by atoms with Gasteiger partial charge in [0.05, 0.1) is 24.8 Å². The van der Waals surface area contributed by atoms with Gasteiger partial charge in [0.15, 0.2) is 0 Å². The molecule has 0 fully saturated rings. The summed E-state index contributed by atoms with van der Waals surface area (Å²) >= 11 is 2.09. The lowest BCUT2D eigenvalue weighted by Crippen LogP contribution is -2.37. The number of halogens is 1. The Morgan fingerprint density at radius 3 is 2.58 bits per heavy atom. The summed E-state index contributed by atoms with van der Waals surface area (Å²) in [6, 6.07) is 12.7. The Bertz CT molecular complexity index is 837. The van der Waals surface area contributed by atoms with E-state index in [0.717, 1.165) is 9.13 Å². The SMILES string of the molecule is C=C(CC(=O)Nc1cc(C)ccc1OC)NNC(=O)c1ccccc1I. The van der Waals surface area contributed by atoms with Gasteiger partial charge in [-0.2, -0.15) is 0 Å². The summed E-state index contributed by atoms with van der Waals surface area (Å²) in [4.78, 5) is 24.3. The van der Waals surface area contributed by atoms with Gasteiger partial charge in [0.2, 0.25) is 5.91 Å². The number of benzene rings is 2. The number of aryl methyl sites for hydroxylation is 1. The van der Waals surface area contributed by atoms with Gasteiger partial charge in [-0.05, 0) is 59.3 Å². The van der Waals surface area contributed by atoms with Gasteiger partial charge in [-0.3, -0.25) is 15.0 Å². The maximum Gasteiger partial charge on any atom is 0.270 e. The van der Waals surface area contributed by atoms with Crippen LogP contribution in [0.25, 0.3) is 0 Å². The van der Waals surface area contributed by atoms with Gasteiger partial charge in [0.25, 0.3) is 5.91 Å². The van der Waals surface area contributed by atoms with E-state index < -0.39 is 0 Å². The first-order valence-electron chi connectivity index (χ1n) is 7.84. The van der Waals surface area contributed by atoms with Gasteiger partial charge >= 0.3 is 0 Å². The summed E-state index contributed by atoms with van der Waals surface area (Å²) in [5.74, 6) is 0.0151. The zero-order valence-corrected chi connectivity index (χ0v) is 16.7. The second kappa shape index (κ2) is 9.23. The number of hydrazine groups is 1. The number of ether oxygens (including phenoxy) is 1. The average molecular weight is 465 g/mol. The van der Waals surface area contributed by atoms with Crippen LogP contribution in [0.15, 0.2) is 54.7 Å². The van der Waals surface area contributed by atoms with Crippen LogP contribution < -0.4 is 20.9 Å². The zero-order chi connectivity index (χ0) is 19.1. The molecule has 0 saturated heterocycles. The van der Waals surface area contributed by atoms with E-state index in [1.807, 2.05) is 31.2 Å². The largest absolute Gasteiger partial charge is 0.495 e. The van der Waals surface area contributed by atoms with E-state index in [2.05, 4.69) is 45.3 Å². The quantitative estimate of drug-likeness (QED) is 0.433. The molecule has 0 aliphatic rings. The van der Waals surface area contributed by atoms with Crippen LogP contribution in [-0.4, -0.2) is 18.9 Å². The van der Waals surface area contributed by atoms with E-state index in [-0.39, 0.29) is 18.2 Å². The van der Waals surface area contributed by atoms with E-state index >= 15 is 0 Å². The minimum Gasteiger partial charge on any atom is -0.495 e. The first-order chi connectivity index (χ1) is 12.4. The molecule has 2 aromatic carbocycles. The topological polar surface area (TPSA) is 79.5 Å². The highest BCUT2D eigenvalue weighted by molar-refractivity contribution is 14.1. The predicted octanol–water partition coefficient (Wildman–Crippen LogP) is 3.39. The minimum absolute atomic E-state index is 0.00323. The summed E-state index contributed by atoms with van der Waals surface area (Å²) in [5.41, 5.74) is 7.72. The number of methoxy groups -OCH3 is 1. The molecule has 0 radical (unpaired) electrons. The van der Waals surface area contributed by atoms with Crippen LogP contribution in [0.5, 0.6) is 5.75 Å². The number of carbonyl (C=O) groups is 2. The highest BCUT2D eigenvalue weighted by Crippen LogP contribution is 2.25. The fraction of sp³-hybridized carbons (Fsp3) is 0.158. The second-order valence-electron chi connectivity index (χ2n) is 5.59. The lowest BCUT2D eigenvalue weighted by molar-refractivity contribution is -0.115. The number of nitrogens with one attached hydrogen (secondary N) is 3. The molecule has 0 unspecified atom stereocenters. The Morgan fingerprint density at radius 2 is 1.88 bits per heavy atom. The van der Waals surface area contributed by atoms with Gasteiger partial charge < -0.3 is 15.5 Å². The number of hydrogen-bond donors (Lipinski definition) is 3. The van der Waals surface area contributed by atoms with Crippen LogP contribution in [0.2, 0.25) is 0 Å². The van der Waals surface area contributed by atoms with E-state index in [1.54, 1.807) is 25.3 Å². The highest BCUT2D eigenvalue weighted by Gasteiger charge is 2.11. The van der Waals surface area contributed by atoms with Crippen molar-refractivity contribution < 1.29 is 14.3 Å². The normalized spacial score (nSPS) is 9.96. The minimum atomic E-state index is -0.295. The van der Waals surface area contributed by atoms with E-state index in [0.29, 0.717) is 22.7 Å². The fourth-order valence-corrected chi connectivity index (χ4v) is 2.84. The Hall–Kier alpha value is -2.55. The van der Waals surface area contributed by atoms with E-state index in [9.17, 15) is 9.59 Å². The smallest absolute Gasteiger partial charge is 0.270 e. The van der Waals surface area contributed by atoms with Crippen molar-refractivity contribution in [2.24, 2.45) is 0 Å². The summed E-state index contributed by atoms with van der Waals surface area (Å²) in [5, 5.41) is 2.78. The second-order valence-corrected chi connectivity index (χ2v) is 6.75. The molecule has 0 spiro atoms. The van der Waals surface area contributed by atoms with Crippen molar-refractivity contribution in [3.05, 3.63) is 69.4 Å². The van der Waals surface area contributed by atoms with Gasteiger partial charge in [0.1, 0.15) is 5.75 Å². The monoisotopic (exact) mass is 465 g/mol. The summed E-state index contributed by atoms with van der Waals surface area (Å²) in [6.45, 7) is 5.69. The molecule has 136 valence electrons. The number of carbonyl (C=O) groups excluding carboxylic acids is 2. The molecule has 2 aromatic rings. The van der Waals surface area contributed by atoms with Crippen LogP contribution in [0.4, 0.5) is 5.69 Å². The number of anilines is 1. The van der Waals surface area contributed by atoms with E-state index in [1.165, 1.54) is 0 Å². The molecule has 0 aromatic heterocycles. The predicted molar refractivity (Wildman–Crippen MR) is 110 cm³/mol. The zero-order valence-electron chi connectivity index (χ0n) is 14.6. The molecule has 0 aliphatic heterocycles. The highest BCUT2D eigenvalue weighted by atomic mass is 127. The first kappa shape index (κ1) is 19.8. The lowest BCUT2D eigenvalue weighted by Gasteiger charge is -2.13. The van der Waals surface area contributed by atoms with Crippen molar-refractivity contribution in [3.8, 4) is 5.75 Å². The summed E-state index contributed by atoms with van der Waals surface area (Å²) in [7, 11) is 1.54. The number of rotatable bonds is 7. The molecular weight excluding hydrogens is 445 g/mol. The van der Waals surface area contributed by atoms with Crippen molar-refractivity contribution >= 4 is 40.1 Å². The lowest BCUT2D eigenvalue weighted by atomic mass is 10.2. The molecule has 7 heteroatoms. The molecule has 6 nitrogen and oxygen atoms in total. The van der Waals surface area contributed by atoms with E-state index in [4.69, 9.17) is 4.74 Å². The standard InChI is InChI=1S/C19H20IN3O3/c1-12-8-9-17(26-3)16(10-12)21-18(24)11-13(2)22-23-19(25)14-6-4-5-7-15(14)20/h4-10,22H,2,11H2,1,3H3,(H,21,24)(H,23,25). The number of hydrogen-bond acceptors (Lipinski definition) is 4. The Balaban J connectivity index is 1.88. The van der Waals surface area contributed by atoms with Gasteiger partial charge in [0, 0.05) is 9.27 Å². The third-order valence-electron chi connectivity index (χ3n) is 3.47. The Morgan fingerprint density at radius 1 is 1.15 bits per heavy atom. The number of amides is 2. The van der Waals surface area contributed by atoms with Crippen LogP contribution in [0, 0.1) is 10.5 Å². The fourth-order valence-electron chi connectivity index (χ4n) is 2.21. The van der Waals surface area contributed by atoms with Gasteiger partial charge in [-0.1, -0.05) is 24.8 Å². The maximum absolute atomic E-state index is 12.2. The molecule has 2 rings (SSSR count). The van der Waals surface area contributed by atoms with Crippen LogP contribution in [0.1, 0.15) is 22.3 Å². The van der Waals surface area contributed by atoms with Gasteiger partial charge in [-0.15, -0.1) is 0 Å². The summed E-state index contributed by atoms with van der Waals surface area (Å²) < 4.78 is 6.07. The molecule has 0 bridgehead atoms. The molecule has 0 aliphatic carbocycles. The Kier molecular flexibility index (Phi) is 7.02. The molecular formula is C19H20IN3O3. The van der Waals surface area contributed by atoms with Gasteiger partial charge in [-0.25, -0.2) is 0 Å². The molecule has 3 N–H and O–H groups in total. The van der Waals surface area contributed by atoms with Crippen LogP contribution in [0.3, 0.4) is 0 Å². The molecule has 2 amide bonds. The molecule has 0 atom stereocenters. The maximum atomic E-state index is 12.2. The van der Waals surface area contributed by atoms with Crippen molar-refractivity contribution in [2.75, 3.05) is 12.4 Å².